The molecule has 3 aromatic carbocycles. The average molecular weight is 462 g/mol. The second-order valence-corrected chi connectivity index (χ2v) is 8.67. The van der Waals surface area contributed by atoms with Gasteiger partial charge >= 0.3 is 0 Å². The van der Waals surface area contributed by atoms with Crippen LogP contribution in [-0.2, 0) is 26.0 Å². The molecule has 0 N–H and O–H groups in total. The van der Waals surface area contributed by atoms with Gasteiger partial charge in [-0.15, -0.1) is 0 Å². The first-order valence-electron chi connectivity index (χ1n) is 11.6. The van der Waals surface area contributed by atoms with Crippen molar-refractivity contribution in [3.8, 4) is 28.7 Å². The lowest BCUT2D eigenvalue weighted by molar-refractivity contribution is 0.150. The Morgan fingerprint density at radius 1 is 0.794 bits per heavy atom. The molecule has 34 heavy (non-hydrogen) atoms. The van der Waals surface area contributed by atoms with E-state index in [1.165, 1.54) is 22.3 Å². The van der Waals surface area contributed by atoms with E-state index in [0.717, 1.165) is 48.7 Å². The molecule has 0 amide bonds. The summed E-state index contributed by atoms with van der Waals surface area (Å²) in [6.45, 7) is 2.21. The molecule has 0 radical (unpaired) electrons. The van der Waals surface area contributed by atoms with E-state index in [1.54, 1.807) is 28.4 Å². The monoisotopic (exact) mass is 461 g/mol. The predicted molar refractivity (Wildman–Crippen MR) is 130 cm³/mol. The second kappa shape index (κ2) is 9.47. The minimum Gasteiger partial charge on any atom is -0.493 e. The SMILES string of the molecule is COc1ccc2c(c1OC)CN1CCc3cc(OC)c(OC)c(OCc4ccccc4)c3C1C2. The van der Waals surface area contributed by atoms with E-state index >= 15 is 0 Å². The molecule has 6 nitrogen and oxygen atoms in total. The quantitative estimate of drug-likeness (QED) is 0.496. The van der Waals surface area contributed by atoms with Gasteiger partial charge in [0.05, 0.1) is 28.4 Å². The van der Waals surface area contributed by atoms with Crippen LogP contribution in [-0.4, -0.2) is 39.9 Å². The van der Waals surface area contributed by atoms with Crippen LogP contribution in [0.15, 0.2) is 48.5 Å². The van der Waals surface area contributed by atoms with E-state index in [9.17, 15) is 0 Å². The van der Waals surface area contributed by atoms with Crippen LogP contribution in [0, 0.1) is 0 Å². The summed E-state index contributed by atoms with van der Waals surface area (Å²) in [4.78, 5) is 2.51. The maximum Gasteiger partial charge on any atom is 0.203 e. The summed E-state index contributed by atoms with van der Waals surface area (Å²) in [6.07, 6.45) is 1.77. The van der Waals surface area contributed by atoms with Gasteiger partial charge in [-0.1, -0.05) is 36.4 Å². The van der Waals surface area contributed by atoms with Crippen molar-refractivity contribution in [1.82, 2.24) is 4.90 Å². The van der Waals surface area contributed by atoms with Crippen LogP contribution < -0.4 is 23.7 Å². The van der Waals surface area contributed by atoms with E-state index in [2.05, 4.69) is 29.2 Å². The first-order valence-corrected chi connectivity index (χ1v) is 11.6. The standard InChI is InChI=1S/C28H31NO5/c1-30-23-11-10-19-14-22-25-20(12-13-29(22)16-21(19)26(23)32-3)15-24(31-2)27(33-4)28(25)34-17-18-8-6-5-7-9-18/h5-11,15,22H,12-14,16-17H2,1-4H3. The molecule has 5 rings (SSSR count). The van der Waals surface area contributed by atoms with Crippen LogP contribution in [0.5, 0.6) is 28.7 Å². The van der Waals surface area contributed by atoms with Crippen LogP contribution in [0.1, 0.15) is 33.9 Å². The molecule has 178 valence electrons. The van der Waals surface area contributed by atoms with Gasteiger partial charge in [0, 0.05) is 30.3 Å². The van der Waals surface area contributed by atoms with Crippen molar-refractivity contribution in [2.45, 2.75) is 32.0 Å². The lowest BCUT2D eigenvalue weighted by atomic mass is 9.83. The van der Waals surface area contributed by atoms with Gasteiger partial charge in [-0.25, -0.2) is 0 Å². The summed E-state index contributed by atoms with van der Waals surface area (Å²) in [5.41, 5.74) is 6.04. The minimum atomic E-state index is 0.180. The zero-order chi connectivity index (χ0) is 23.7. The number of rotatable bonds is 7. The van der Waals surface area contributed by atoms with Crippen molar-refractivity contribution in [3.05, 3.63) is 76.3 Å². The zero-order valence-electron chi connectivity index (χ0n) is 20.2. The molecule has 0 saturated heterocycles. The highest BCUT2D eigenvalue weighted by Crippen LogP contribution is 2.51. The lowest BCUT2D eigenvalue weighted by Gasteiger charge is -2.42. The molecule has 0 spiro atoms. The molecule has 1 unspecified atom stereocenters. The molecule has 3 aromatic rings. The maximum absolute atomic E-state index is 6.50. The molecule has 2 heterocycles. The Labute approximate surface area is 201 Å². The fourth-order valence-electron chi connectivity index (χ4n) is 5.30. The largest absolute Gasteiger partial charge is 0.493 e. The summed E-state index contributed by atoms with van der Waals surface area (Å²) in [6, 6.07) is 16.7. The Balaban J connectivity index is 1.59. The van der Waals surface area contributed by atoms with Crippen molar-refractivity contribution < 1.29 is 23.7 Å². The van der Waals surface area contributed by atoms with Crippen molar-refractivity contribution in [3.63, 3.8) is 0 Å². The van der Waals surface area contributed by atoms with Crippen molar-refractivity contribution in [2.75, 3.05) is 35.0 Å². The van der Waals surface area contributed by atoms with Crippen LogP contribution in [0.25, 0.3) is 0 Å². The summed E-state index contributed by atoms with van der Waals surface area (Å²) in [5.74, 6) is 3.74. The van der Waals surface area contributed by atoms with Crippen molar-refractivity contribution in [2.24, 2.45) is 0 Å². The molecule has 0 aliphatic carbocycles. The third kappa shape index (κ3) is 3.82. The van der Waals surface area contributed by atoms with Gasteiger partial charge in [0.25, 0.3) is 0 Å². The van der Waals surface area contributed by atoms with Gasteiger partial charge < -0.3 is 23.7 Å². The van der Waals surface area contributed by atoms with Gasteiger partial charge in [-0.05, 0) is 41.7 Å². The lowest BCUT2D eigenvalue weighted by Crippen LogP contribution is -2.39. The second-order valence-electron chi connectivity index (χ2n) is 8.67. The highest BCUT2D eigenvalue weighted by molar-refractivity contribution is 5.62. The summed E-state index contributed by atoms with van der Waals surface area (Å²) < 4.78 is 29.3. The number of hydrogen-bond acceptors (Lipinski definition) is 6. The molecule has 0 aromatic heterocycles. The normalized spacial score (nSPS) is 16.6. The number of benzene rings is 3. The van der Waals surface area contributed by atoms with Gasteiger partial charge in [0.15, 0.2) is 23.0 Å². The zero-order valence-corrected chi connectivity index (χ0v) is 20.2. The first-order chi connectivity index (χ1) is 16.7. The summed E-state index contributed by atoms with van der Waals surface area (Å²) in [7, 11) is 6.75. The van der Waals surface area contributed by atoms with Gasteiger partial charge in [-0.3, -0.25) is 4.90 Å². The molecule has 0 saturated carbocycles. The third-order valence-corrected chi connectivity index (χ3v) is 6.94. The Morgan fingerprint density at radius 3 is 2.26 bits per heavy atom. The molecule has 2 aliphatic heterocycles. The molecule has 1 atom stereocenters. The highest BCUT2D eigenvalue weighted by atomic mass is 16.5. The molecule has 6 heteroatoms. The van der Waals surface area contributed by atoms with E-state index in [1.807, 2.05) is 24.3 Å². The number of ether oxygens (including phenoxy) is 5. The molecule has 0 bridgehead atoms. The van der Waals surface area contributed by atoms with Gasteiger partial charge in [0.2, 0.25) is 5.75 Å². The van der Waals surface area contributed by atoms with E-state index in [-0.39, 0.29) is 6.04 Å². The van der Waals surface area contributed by atoms with Crippen LogP contribution in [0.2, 0.25) is 0 Å². The number of hydrogen-bond donors (Lipinski definition) is 0. The Hall–Kier alpha value is -3.38. The van der Waals surface area contributed by atoms with E-state index in [0.29, 0.717) is 18.1 Å². The first kappa shape index (κ1) is 22.4. The van der Waals surface area contributed by atoms with Crippen molar-refractivity contribution >= 4 is 0 Å². The van der Waals surface area contributed by atoms with Crippen LogP contribution >= 0.6 is 0 Å². The number of methoxy groups -OCH3 is 4. The van der Waals surface area contributed by atoms with E-state index in [4.69, 9.17) is 23.7 Å². The molecule has 0 fully saturated rings. The summed E-state index contributed by atoms with van der Waals surface area (Å²) in [5, 5.41) is 0. The molecular weight excluding hydrogens is 430 g/mol. The number of nitrogens with zero attached hydrogens (tertiary/aromatic N) is 1. The maximum atomic E-state index is 6.50. The minimum absolute atomic E-state index is 0.180. The fourth-order valence-corrected chi connectivity index (χ4v) is 5.30. The smallest absolute Gasteiger partial charge is 0.203 e. The Morgan fingerprint density at radius 2 is 1.56 bits per heavy atom. The van der Waals surface area contributed by atoms with Crippen molar-refractivity contribution in [1.29, 1.82) is 0 Å². The van der Waals surface area contributed by atoms with Gasteiger partial charge in [-0.2, -0.15) is 0 Å². The van der Waals surface area contributed by atoms with E-state index < -0.39 is 0 Å². The van der Waals surface area contributed by atoms with Gasteiger partial charge in [0.1, 0.15) is 6.61 Å². The fraction of sp³-hybridized carbons (Fsp3) is 0.357. The van der Waals surface area contributed by atoms with Crippen LogP contribution in [0.3, 0.4) is 0 Å². The predicted octanol–water partition coefficient (Wildman–Crippen LogP) is 4.96. The molecule has 2 aliphatic rings. The topological polar surface area (TPSA) is 49.4 Å². The Bertz CT molecular complexity index is 1180. The van der Waals surface area contributed by atoms with Crippen LogP contribution in [0.4, 0.5) is 0 Å². The third-order valence-electron chi connectivity index (χ3n) is 6.94. The summed E-state index contributed by atoms with van der Waals surface area (Å²) >= 11 is 0. The average Bonchev–Trinajstić information content (AvgIpc) is 2.89. The Kier molecular flexibility index (Phi) is 6.24. The molecular formula is C28H31NO5. The highest BCUT2D eigenvalue weighted by Gasteiger charge is 2.38. The number of fused-ring (bicyclic) bond motifs is 4.